The van der Waals surface area contributed by atoms with E-state index in [4.69, 9.17) is 0 Å². The molecule has 0 saturated carbocycles. The van der Waals surface area contributed by atoms with Gasteiger partial charge in [0.2, 0.25) is 0 Å². The van der Waals surface area contributed by atoms with Crippen molar-refractivity contribution in [1.82, 2.24) is 0 Å². The van der Waals surface area contributed by atoms with E-state index < -0.39 is 15.3 Å². The smallest absolute Gasteiger partial charge is 0.128 e. The zero-order valence-electron chi connectivity index (χ0n) is 13.9. The molecule has 1 aliphatic rings. The van der Waals surface area contributed by atoms with E-state index in [0.717, 1.165) is 22.3 Å². The summed E-state index contributed by atoms with van der Waals surface area (Å²) in [5, 5.41) is 11.7. The summed E-state index contributed by atoms with van der Waals surface area (Å²) in [6.07, 6.45) is 0. The Kier molecular flexibility index (Phi) is 3.74. The molecular formula is C21H19NO2S. The summed E-state index contributed by atoms with van der Waals surface area (Å²) in [6, 6.07) is 24.8. The van der Waals surface area contributed by atoms with Crippen LogP contribution >= 0.6 is 0 Å². The molecule has 0 fully saturated rings. The molecule has 1 aliphatic carbocycles. The predicted octanol–water partition coefficient (Wildman–Crippen LogP) is 4.06. The first-order chi connectivity index (χ1) is 12.1. The van der Waals surface area contributed by atoms with Crippen LogP contribution < -0.4 is 0 Å². The minimum Gasteiger partial charge on any atom is -0.379 e. The number of hydrogen-bond donors (Lipinski definition) is 1. The van der Waals surface area contributed by atoms with Gasteiger partial charge >= 0.3 is 0 Å². The summed E-state index contributed by atoms with van der Waals surface area (Å²) < 4.78 is 17.8. The van der Waals surface area contributed by atoms with Crippen LogP contribution in [0, 0.1) is 0 Å². The van der Waals surface area contributed by atoms with Crippen LogP contribution in [0.5, 0.6) is 0 Å². The highest BCUT2D eigenvalue weighted by Gasteiger charge is 2.44. The van der Waals surface area contributed by atoms with Crippen LogP contribution in [-0.4, -0.2) is 22.1 Å². The third kappa shape index (κ3) is 2.41. The van der Waals surface area contributed by atoms with Gasteiger partial charge in [-0.3, -0.25) is 0 Å². The Hall–Kier alpha value is -2.43. The monoisotopic (exact) mass is 349 g/mol. The number of benzene rings is 3. The minimum atomic E-state index is -2.76. The second-order valence-electron chi connectivity index (χ2n) is 6.23. The maximum absolute atomic E-state index is 13.6. The predicted molar refractivity (Wildman–Crippen MR) is 101 cm³/mol. The van der Waals surface area contributed by atoms with Gasteiger partial charge in [-0.05, 0) is 34.4 Å². The Morgan fingerprint density at radius 2 is 1.32 bits per heavy atom. The Labute approximate surface area is 148 Å². The summed E-state index contributed by atoms with van der Waals surface area (Å²) in [5.74, 6) is 0.0362. The van der Waals surface area contributed by atoms with Crippen LogP contribution in [0.4, 0.5) is 0 Å². The Bertz CT molecular complexity index is 1000. The molecular weight excluding hydrogens is 330 g/mol. The average molecular weight is 349 g/mol. The van der Waals surface area contributed by atoms with Crippen molar-refractivity contribution < 1.29 is 9.32 Å². The van der Waals surface area contributed by atoms with Gasteiger partial charge in [0.05, 0.1) is 15.5 Å². The van der Waals surface area contributed by atoms with E-state index in [1.54, 1.807) is 7.05 Å². The zero-order chi connectivity index (χ0) is 17.5. The van der Waals surface area contributed by atoms with Crippen molar-refractivity contribution >= 4 is 9.73 Å². The van der Waals surface area contributed by atoms with Crippen LogP contribution in [0.1, 0.15) is 11.1 Å². The van der Waals surface area contributed by atoms with Crippen molar-refractivity contribution in [2.75, 3.05) is 12.8 Å². The van der Waals surface area contributed by atoms with Crippen molar-refractivity contribution in [1.29, 1.82) is 0 Å². The van der Waals surface area contributed by atoms with Gasteiger partial charge < -0.3 is 5.11 Å². The maximum atomic E-state index is 13.6. The van der Waals surface area contributed by atoms with Gasteiger partial charge in [0.15, 0.2) is 0 Å². The van der Waals surface area contributed by atoms with Crippen LogP contribution in [0.3, 0.4) is 0 Å². The first kappa shape index (κ1) is 16.1. The highest BCUT2D eigenvalue weighted by molar-refractivity contribution is 7.93. The molecule has 3 aromatic rings. The number of rotatable bonds is 3. The molecule has 126 valence electrons. The summed E-state index contributed by atoms with van der Waals surface area (Å²) in [5.41, 5.74) is 2.25. The quantitative estimate of drug-likeness (QED) is 0.775. The third-order valence-corrected chi connectivity index (χ3v) is 7.25. The van der Waals surface area contributed by atoms with Crippen molar-refractivity contribution in [2.24, 2.45) is 4.36 Å². The largest absolute Gasteiger partial charge is 0.379 e. The van der Waals surface area contributed by atoms with Crippen LogP contribution in [0.15, 0.2) is 88.1 Å². The lowest BCUT2D eigenvalue weighted by atomic mass is 9.94. The summed E-state index contributed by atoms with van der Waals surface area (Å²) in [6.45, 7) is 0. The highest BCUT2D eigenvalue weighted by atomic mass is 32.2. The fourth-order valence-corrected chi connectivity index (χ4v) is 5.59. The van der Waals surface area contributed by atoms with Crippen LogP contribution in [0.2, 0.25) is 0 Å². The molecule has 0 saturated heterocycles. The highest BCUT2D eigenvalue weighted by Crippen LogP contribution is 2.48. The lowest BCUT2D eigenvalue weighted by molar-refractivity contribution is 0.111. The average Bonchev–Trinajstić information content (AvgIpc) is 2.92. The van der Waals surface area contributed by atoms with Gasteiger partial charge in [-0.25, -0.2) is 8.57 Å². The lowest BCUT2D eigenvalue weighted by Crippen LogP contribution is -2.33. The summed E-state index contributed by atoms with van der Waals surface area (Å²) in [4.78, 5) is 0.646. The molecule has 0 radical (unpaired) electrons. The zero-order valence-corrected chi connectivity index (χ0v) is 14.7. The SMILES string of the molecule is CN=[S@](=O)(CC1(O)c2ccccc2-c2ccccc21)c1ccccc1. The molecule has 4 rings (SSSR count). The second-order valence-corrected chi connectivity index (χ2v) is 8.64. The van der Waals surface area contributed by atoms with E-state index in [2.05, 4.69) is 4.36 Å². The van der Waals surface area contributed by atoms with Crippen molar-refractivity contribution in [3.05, 3.63) is 90.0 Å². The molecule has 0 aliphatic heterocycles. The van der Waals surface area contributed by atoms with Crippen molar-refractivity contribution in [3.8, 4) is 11.1 Å². The first-order valence-electron chi connectivity index (χ1n) is 8.18. The van der Waals surface area contributed by atoms with Crippen LogP contribution in [0.25, 0.3) is 11.1 Å². The first-order valence-corrected chi connectivity index (χ1v) is 9.87. The molecule has 4 heteroatoms. The van der Waals surface area contributed by atoms with Crippen molar-refractivity contribution in [2.45, 2.75) is 10.5 Å². The number of aliphatic hydroxyl groups is 1. The molecule has 0 unspecified atom stereocenters. The second kappa shape index (κ2) is 5.83. The van der Waals surface area contributed by atoms with Crippen LogP contribution in [-0.2, 0) is 15.3 Å². The topological polar surface area (TPSA) is 49.7 Å². The van der Waals surface area contributed by atoms with E-state index in [-0.39, 0.29) is 5.75 Å². The minimum absolute atomic E-state index is 0.0362. The molecule has 0 aromatic heterocycles. The van der Waals surface area contributed by atoms with Gasteiger partial charge in [-0.2, -0.15) is 0 Å². The molecule has 0 spiro atoms. The fraction of sp³-hybridized carbons (Fsp3) is 0.143. The Morgan fingerprint density at radius 1 is 0.840 bits per heavy atom. The number of fused-ring (bicyclic) bond motifs is 3. The maximum Gasteiger partial charge on any atom is 0.128 e. The van der Waals surface area contributed by atoms with Gasteiger partial charge in [-0.1, -0.05) is 66.7 Å². The molecule has 25 heavy (non-hydrogen) atoms. The summed E-state index contributed by atoms with van der Waals surface area (Å²) in [7, 11) is -1.20. The molecule has 1 atom stereocenters. The lowest BCUT2D eigenvalue weighted by Gasteiger charge is -2.27. The Balaban J connectivity index is 1.92. The van der Waals surface area contributed by atoms with Gasteiger partial charge in [0.1, 0.15) is 5.60 Å². The van der Waals surface area contributed by atoms with Crippen molar-refractivity contribution in [3.63, 3.8) is 0 Å². The summed E-state index contributed by atoms with van der Waals surface area (Å²) >= 11 is 0. The molecule has 1 N–H and O–H groups in total. The van der Waals surface area contributed by atoms with Gasteiger partial charge in [-0.15, -0.1) is 0 Å². The van der Waals surface area contributed by atoms with E-state index in [1.807, 2.05) is 78.9 Å². The van der Waals surface area contributed by atoms with E-state index in [0.29, 0.717) is 4.90 Å². The van der Waals surface area contributed by atoms with Gasteiger partial charge in [0.25, 0.3) is 0 Å². The van der Waals surface area contributed by atoms with E-state index >= 15 is 0 Å². The molecule has 0 bridgehead atoms. The Morgan fingerprint density at radius 3 is 1.84 bits per heavy atom. The molecule has 0 amide bonds. The number of hydrogen-bond acceptors (Lipinski definition) is 3. The van der Waals surface area contributed by atoms with E-state index in [9.17, 15) is 9.32 Å². The third-order valence-electron chi connectivity index (χ3n) is 4.85. The normalized spacial score (nSPS) is 16.6. The van der Waals surface area contributed by atoms with Gasteiger partial charge in [0, 0.05) is 11.9 Å². The number of nitrogens with zero attached hydrogens (tertiary/aromatic N) is 1. The molecule has 0 heterocycles. The molecule has 3 aromatic carbocycles. The fourth-order valence-electron chi connectivity index (χ4n) is 3.63. The molecule has 3 nitrogen and oxygen atoms in total. The van der Waals surface area contributed by atoms with E-state index in [1.165, 1.54) is 0 Å². The standard InChI is InChI=1S/C21H19NO2S/c1-22-25(24,16-9-3-2-4-10-16)15-21(23)19-13-7-5-11-17(19)18-12-6-8-14-20(18)21/h2-14,23H,15H2,1H3/t25-/m0/s1.